The maximum absolute atomic E-state index is 14.0. The van der Waals surface area contributed by atoms with E-state index in [4.69, 9.17) is 5.73 Å². The molecular formula is C15H23FN2. The first-order valence-corrected chi connectivity index (χ1v) is 6.95. The molecule has 1 fully saturated rings. The molecule has 0 aromatic heterocycles. The molecule has 2 atom stereocenters. The third-order valence-corrected chi connectivity index (χ3v) is 3.89. The van der Waals surface area contributed by atoms with Gasteiger partial charge in [0.2, 0.25) is 0 Å². The lowest BCUT2D eigenvalue weighted by molar-refractivity contribution is 0.447. The minimum Gasteiger partial charge on any atom is -0.368 e. The van der Waals surface area contributed by atoms with E-state index in [-0.39, 0.29) is 11.9 Å². The van der Waals surface area contributed by atoms with Gasteiger partial charge in [-0.3, -0.25) is 0 Å². The highest BCUT2D eigenvalue weighted by Gasteiger charge is 2.25. The average Bonchev–Trinajstić information content (AvgIpc) is 2.38. The fourth-order valence-corrected chi connectivity index (χ4v) is 2.97. The second-order valence-corrected chi connectivity index (χ2v) is 5.21. The van der Waals surface area contributed by atoms with Crippen LogP contribution in [0.25, 0.3) is 0 Å². The van der Waals surface area contributed by atoms with Gasteiger partial charge in [-0.1, -0.05) is 13.0 Å². The normalized spacial score (nSPS) is 22.0. The Labute approximate surface area is 109 Å². The highest BCUT2D eigenvalue weighted by Crippen LogP contribution is 2.33. The van der Waals surface area contributed by atoms with Crippen LogP contribution in [0.2, 0.25) is 0 Å². The highest BCUT2D eigenvalue weighted by atomic mass is 19.1. The van der Waals surface area contributed by atoms with E-state index in [0.717, 1.165) is 18.7 Å². The molecule has 0 saturated carbocycles. The molecular weight excluding hydrogens is 227 g/mol. The number of benzene rings is 1. The van der Waals surface area contributed by atoms with Crippen molar-refractivity contribution in [3.63, 3.8) is 0 Å². The van der Waals surface area contributed by atoms with Gasteiger partial charge in [-0.2, -0.15) is 0 Å². The van der Waals surface area contributed by atoms with E-state index in [2.05, 4.69) is 11.8 Å². The first-order chi connectivity index (χ1) is 8.65. The molecule has 2 nitrogen and oxygen atoms in total. The Morgan fingerprint density at radius 2 is 2.22 bits per heavy atom. The lowest BCUT2D eigenvalue weighted by atomic mass is 9.96. The molecule has 0 amide bonds. The van der Waals surface area contributed by atoms with Crippen LogP contribution in [0.1, 0.15) is 51.1 Å². The smallest absolute Gasteiger partial charge is 0.130 e. The van der Waals surface area contributed by atoms with E-state index in [9.17, 15) is 4.39 Å². The Morgan fingerprint density at radius 3 is 2.89 bits per heavy atom. The Hall–Kier alpha value is -1.09. The van der Waals surface area contributed by atoms with Crippen LogP contribution < -0.4 is 10.6 Å². The zero-order chi connectivity index (χ0) is 13.1. The van der Waals surface area contributed by atoms with Crippen molar-refractivity contribution < 1.29 is 4.39 Å². The third-order valence-electron chi connectivity index (χ3n) is 3.89. The van der Waals surface area contributed by atoms with Crippen molar-refractivity contribution in [2.24, 2.45) is 5.73 Å². The van der Waals surface area contributed by atoms with Gasteiger partial charge in [0.15, 0.2) is 0 Å². The third kappa shape index (κ3) is 2.51. The van der Waals surface area contributed by atoms with Crippen molar-refractivity contribution in [2.75, 3.05) is 11.4 Å². The van der Waals surface area contributed by atoms with Crippen LogP contribution in [0.15, 0.2) is 18.2 Å². The molecule has 2 N–H and O–H groups in total. The summed E-state index contributed by atoms with van der Waals surface area (Å²) in [5.74, 6) is -0.178. The van der Waals surface area contributed by atoms with Crippen LogP contribution in [0.3, 0.4) is 0 Å². The fraction of sp³-hybridized carbons (Fsp3) is 0.600. The van der Waals surface area contributed by atoms with Crippen molar-refractivity contribution >= 4 is 5.69 Å². The maximum atomic E-state index is 14.0. The van der Waals surface area contributed by atoms with Crippen LogP contribution in [-0.4, -0.2) is 12.6 Å². The quantitative estimate of drug-likeness (QED) is 0.888. The number of rotatable bonds is 3. The Bertz CT molecular complexity index is 403. The largest absolute Gasteiger partial charge is 0.368 e. The molecule has 1 saturated heterocycles. The molecule has 1 heterocycles. The number of piperidine rings is 1. The summed E-state index contributed by atoms with van der Waals surface area (Å²) in [5.41, 5.74) is 7.60. The maximum Gasteiger partial charge on any atom is 0.130 e. The number of halogens is 1. The number of nitrogens with zero attached hydrogens (tertiary/aromatic N) is 1. The van der Waals surface area contributed by atoms with Crippen molar-refractivity contribution in [2.45, 2.75) is 51.6 Å². The van der Waals surface area contributed by atoms with Crippen molar-refractivity contribution in [3.05, 3.63) is 29.6 Å². The van der Waals surface area contributed by atoms with Crippen molar-refractivity contribution in [1.29, 1.82) is 0 Å². The van der Waals surface area contributed by atoms with Gasteiger partial charge >= 0.3 is 0 Å². The molecule has 1 aromatic carbocycles. The van der Waals surface area contributed by atoms with Crippen LogP contribution in [0.4, 0.5) is 10.1 Å². The SMILES string of the molecule is CCC1CCCCN1c1cccc(F)c1C(C)N. The summed E-state index contributed by atoms with van der Waals surface area (Å²) in [7, 11) is 0. The predicted octanol–water partition coefficient (Wildman–Crippen LogP) is 3.61. The minimum atomic E-state index is -0.263. The molecule has 18 heavy (non-hydrogen) atoms. The van der Waals surface area contributed by atoms with E-state index in [1.54, 1.807) is 6.07 Å². The molecule has 0 bridgehead atoms. The van der Waals surface area contributed by atoms with Crippen LogP contribution >= 0.6 is 0 Å². The summed E-state index contributed by atoms with van der Waals surface area (Å²) in [6.45, 7) is 5.07. The number of anilines is 1. The number of hydrogen-bond donors (Lipinski definition) is 1. The van der Waals surface area contributed by atoms with Crippen molar-refractivity contribution in [1.82, 2.24) is 0 Å². The van der Waals surface area contributed by atoms with Gasteiger partial charge < -0.3 is 10.6 Å². The highest BCUT2D eigenvalue weighted by molar-refractivity contribution is 5.56. The van der Waals surface area contributed by atoms with E-state index in [0.29, 0.717) is 11.6 Å². The molecule has 0 spiro atoms. The van der Waals surface area contributed by atoms with E-state index in [1.165, 1.54) is 25.3 Å². The Kier molecular flexibility index (Phi) is 4.23. The van der Waals surface area contributed by atoms with Gasteiger partial charge in [0.25, 0.3) is 0 Å². The van der Waals surface area contributed by atoms with Gasteiger partial charge in [-0.15, -0.1) is 0 Å². The summed E-state index contributed by atoms with van der Waals surface area (Å²) >= 11 is 0. The first-order valence-electron chi connectivity index (χ1n) is 6.95. The van der Waals surface area contributed by atoms with Gasteiger partial charge in [0, 0.05) is 29.9 Å². The lowest BCUT2D eigenvalue weighted by Gasteiger charge is -2.38. The molecule has 0 aliphatic carbocycles. The van der Waals surface area contributed by atoms with Gasteiger partial charge in [0.1, 0.15) is 5.82 Å². The zero-order valence-corrected chi connectivity index (χ0v) is 11.3. The van der Waals surface area contributed by atoms with Crippen LogP contribution in [0.5, 0.6) is 0 Å². The van der Waals surface area contributed by atoms with Gasteiger partial charge in [-0.25, -0.2) is 4.39 Å². The number of nitrogens with two attached hydrogens (primary N) is 1. The second kappa shape index (κ2) is 5.70. The topological polar surface area (TPSA) is 29.3 Å². The summed E-state index contributed by atoms with van der Waals surface area (Å²) in [6.07, 6.45) is 4.77. The summed E-state index contributed by atoms with van der Waals surface area (Å²) < 4.78 is 14.0. The van der Waals surface area contributed by atoms with Crippen LogP contribution in [-0.2, 0) is 0 Å². The number of hydrogen-bond acceptors (Lipinski definition) is 2. The molecule has 100 valence electrons. The monoisotopic (exact) mass is 250 g/mol. The molecule has 3 heteroatoms. The zero-order valence-electron chi connectivity index (χ0n) is 11.3. The van der Waals surface area contributed by atoms with Crippen LogP contribution in [0, 0.1) is 5.82 Å². The molecule has 2 rings (SSSR count). The average molecular weight is 250 g/mol. The van der Waals surface area contributed by atoms with E-state index < -0.39 is 0 Å². The van der Waals surface area contributed by atoms with Gasteiger partial charge in [0.05, 0.1) is 0 Å². The molecule has 1 aliphatic heterocycles. The van der Waals surface area contributed by atoms with E-state index >= 15 is 0 Å². The minimum absolute atomic E-state index is 0.178. The van der Waals surface area contributed by atoms with Crippen molar-refractivity contribution in [3.8, 4) is 0 Å². The molecule has 1 aliphatic rings. The van der Waals surface area contributed by atoms with Gasteiger partial charge in [-0.05, 0) is 44.7 Å². The van der Waals surface area contributed by atoms with E-state index in [1.807, 2.05) is 13.0 Å². The Morgan fingerprint density at radius 1 is 1.44 bits per heavy atom. The predicted molar refractivity (Wildman–Crippen MR) is 74.3 cm³/mol. The molecule has 1 aromatic rings. The lowest BCUT2D eigenvalue weighted by Crippen LogP contribution is -2.40. The standard InChI is InChI=1S/C15H23FN2/c1-3-12-7-4-5-10-18(12)14-9-6-8-13(16)15(14)11(2)17/h6,8-9,11-12H,3-5,7,10,17H2,1-2H3. The summed E-state index contributed by atoms with van der Waals surface area (Å²) in [6, 6.07) is 5.57. The second-order valence-electron chi connectivity index (χ2n) is 5.21. The summed E-state index contributed by atoms with van der Waals surface area (Å²) in [5, 5.41) is 0. The first kappa shape index (κ1) is 13.3. The molecule has 0 radical (unpaired) electrons. The summed E-state index contributed by atoms with van der Waals surface area (Å²) in [4.78, 5) is 2.35. The fourth-order valence-electron chi connectivity index (χ4n) is 2.97. The molecule has 2 unspecified atom stereocenters. The Balaban J connectivity index is 2.39.